The average Bonchev–Trinajstić information content (AvgIpc) is 0.976. The molecule has 0 unspecified atom stereocenters. The maximum atomic E-state index is 11.1. The van der Waals surface area contributed by atoms with Crippen LogP contribution in [-0.4, -0.2) is 196 Å². The molecule has 0 heterocycles. The van der Waals surface area contributed by atoms with Crippen LogP contribution in [0.5, 0.6) is 0 Å². The number of hydrogen-bond donors (Lipinski definition) is 16. The molecule has 28 nitrogen and oxygen atoms in total. The molecule has 0 aromatic rings. The van der Waals surface area contributed by atoms with Crippen molar-refractivity contribution in [2.24, 2.45) is 59.2 Å². The zero-order valence-electron chi connectivity index (χ0n) is 86.2. The number of nitrogens with one attached hydrogen (secondary N) is 16. The summed E-state index contributed by atoms with van der Waals surface area (Å²) in [5.41, 5.74) is 0. The van der Waals surface area contributed by atoms with Crippen molar-refractivity contribution in [1.82, 2.24) is 85.1 Å². The summed E-state index contributed by atoms with van der Waals surface area (Å²) in [5.74, 6) is 4.35. The quantitative estimate of drug-likeness (QED) is 0.0252. The highest BCUT2D eigenvalue weighted by Gasteiger charge is 2.14. The largest absolute Gasteiger partial charge is 0.356 e. The molecule has 724 valence electrons. The molecule has 0 aromatic heterocycles. The van der Waals surface area contributed by atoms with E-state index >= 15 is 0 Å². The number of carbonyl (C=O) groups is 12. The van der Waals surface area contributed by atoms with E-state index in [1.807, 2.05) is 208 Å². The summed E-state index contributed by atoms with van der Waals surface area (Å²) in [6.07, 6.45) is 5.70. The van der Waals surface area contributed by atoms with Gasteiger partial charge in [-0.1, -0.05) is 180 Å². The van der Waals surface area contributed by atoms with Crippen molar-refractivity contribution in [3.63, 3.8) is 0 Å². The third-order valence-electron chi connectivity index (χ3n) is 13.9. The average molecular weight is 1730 g/mol. The van der Waals surface area contributed by atoms with E-state index in [4.69, 9.17) is 0 Å². The van der Waals surface area contributed by atoms with Crippen LogP contribution in [0.4, 0.5) is 0 Å². The molecule has 0 saturated heterocycles. The van der Waals surface area contributed by atoms with E-state index in [-0.39, 0.29) is 161 Å². The molecule has 12 amide bonds. The van der Waals surface area contributed by atoms with Gasteiger partial charge in [0.25, 0.3) is 0 Å². The van der Waals surface area contributed by atoms with E-state index in [9.17, 15) is 57.5 Å². The molecule has 0 fully saturated rings. The normalized spacial score (nSPS) is 10.7. The molecule has 0 radical (unpaired) electrons. The number of amides is 12. The van der Waals surface area contributed by atoms with Crippen LogP contribution in [-0.2, 0) is 57.5 Å². The van der Waals surface area contributed by atoms with Crippen LogP contribution in [0.2, 0.25) is 0 Å². The molecule has 0 saturated carbocycles. The Morgan fingerprint density at radius 2 is 0.463 bits per heavy atom. The summed E-state index contributed by atoms with van der Waals surface area (Å²) in [6.45, 7) is 92.3. The molecular formula is C93H200N16O12. The van der Waals surface area contributed by atoms with Crippen LogP contribution in [0.25, 0.3) is 0 Å². The Morgan fingerprint density at radius 3 is 0.727 bits per heavy atom. The van der Waals surface area contributed by atoms with Crippen LogP contribution in [0.3, 0.4) is 0 Å². The van der Waals surface area contributed by atoms with Crippen molar-refractivity contribution >= 4 is 70.9 Å². The molecule has 0 spiro atoms. The number of rotatable bonds is 42. The van der Waals surface area contributed by atoms with Crippen LogP contribution < -0.4 is 85.1 Å². The Kier molecular flexibility index (Phi) is 102. The Morgan fingerprint density at radius 1 is 0.198 bits per heavy atom. The van der Waals surface area contributed by atoms with E-state index in [2.05, 4.69) is 168 Å². The predicted octanol–water partition coefficient (Wildman–Crippen LogP) is 12.8. The fraction of sp³-hybridized carbons (Fsp3) is 0.871. The molecule has 0 aliphatic rings. The van der Waals surface area contributed by atoms with Gasteiger partial charge in [0.15, 0.2) is 0 Å². The van der Waals surface area contributed by atoms with Gasteiger partial charge >= 0.3 is 0 Å². The smallest absolute Gasteiger partial charge is 0.239 e. The second-order valence-electron chi connectivity index (χ2n) is 37.6. The third-order valence-corrected chi connectivity index (χ3v) is 13.9. The highest BCUT2D eigenvalue weighted by Crippen LogP contribution is 2.05. The Bertz CT molecular complexity index is 2390. The molecular weight excluding hydrogens is 1530 g/mol. The molecule has 0 aliphatic heterocycles. The van der Waals surface area contributed by atoms with E-state index in [1.54, 1.807) is 13.8 Å². The summed E-state index contributed by atoms with van der Waals surface area (Å²) in [5, 5.41) is 46.0. The lowest BCUT2D eigenvalue weighted by Crippen LogP contribution is -2.40. The molecule has 121 heavy (non-hydrogen) atoms. The van der Waals surface area contributed by atoms with Gasteiger partial charge in [-0.15, -0.1) is 0 Å². The second-order valence-corrected chi connectivity index (χ2v) is 37.6. The lowest BCUT2D eigenvalue weighted by molar-refractivity contribution is -0.128. The first-order valence-electron chi connectivity index (χ1n) is 45.6. The van der Waals surface area contributed by atoms with Gasteiger partial charge in [-0.05, 0) is 180 Å². The number of carbonyl (C=O) groups excluding carboxylic acids is 12. The number of hydrogen-bond acceptors (Lipinski definition) is 16. The monoisotopic (exact) mass is 1730 g/mol. The topological polar surface area (TPSA) is 397 Å². The third kappa shape index (κ3) is 145. The molecule has 0 atom stereocenters. The maximum absolute atomic E-state index is 11.1. The van der Waals surface area contributed by atoms with Gasteiger partial charge in [0.1, 0.15) is 0 Å². The molecule has 16 N–H and O–H groups in total. The Balaban J connectivity index is -0.000000122. The maximum Gasteiger partial charge on any atom is 0.239 e. The lowest BCUT2D eigenvalue weighted by atomic mass is 10.1. The van der Waals surface area contributed by atoms with Gasteiger partial charge in [0.05, 0.1) is 19.6 Å². The predicted molar refractivity (Wildman–Crippen MR) is 512 cm³/mol. The molecule has 28 heteroatoms. The first-order chi connectivity index (χ1) is 55.2. The van der Waals surface area contributed by atoms with Gasteiger partial charge in [-0.25, -0.2) is 0 Å². The summed E-state index contributed by atoms with van der Waals surface area (Å²) >= 11 is 0. The minimum Gasteiger partial charge on any atom is -0.356 e. The summed E-state index contributed by atoms with van der Waals surface area (Å²) in [4.78, 5) is 132. The fourth-order valence-corrected chi connectivity index (χ4v) is 7.90. The van der Waals surface area contributed by atoms with Crippen LogP contribution in [0.15, 0.2) is 0 Å². The zero-order chi connectivity index (χ0) is 97.6. The summed E-state index contributed by atoms with van der Waals surface area (Å²) in [6, 6.07) is 3.42. The van der Waals surface area contributed by atoms with Crippen molar-refractivity contribution in [2.45, 2.75) is 422 Å². The van der Waals surface area contributed by atoms with Crippen molar-refractivity contribution in [1.29, 1.82) is 0 Å². The van der Waals surface area contributed by atoms with Gasteiger partial charge in [-0.2, -0.15) is 0 Å². The van der Waals surface area contributed by atoms with Crippen molar-refractivity contribution in [3.05, 3.63) is 0 Å². The van der Waals surface area contributed by atoms with E-state index in [1.165, 1.54) is 6.42 Å². The first kappa shape index (κ1) is 138. The van der Waals surface area contributed by atoms with Gasteiger partial charge in [0.2, 0.25) is 70.9 Å². The molecule has 0 bridgehead atoms. The molecule has 0 rings (SSSR count). The van der Waals surface area contributed by atoms with Crippen molar-refractivity contribution in [3.8, 4) is 0 Å². The van der Waals surface area contributed by atoms with Crippen LogP contribution >= 0.6 is 0 Å². The van der Waals surface area contributed by atoms with Crippen molar-refractivity contribution < 1.29 is 57.5 Å². The summed E-state index contributed by atoms with van der Waals surface area (Å²) < 4.78 is 0. The molecule has 0 aromatic carbocycles. The second kappa shape index (κ2) is 89.7. The zero-order valence-corrected chi connectivity index (χ0v) is 86.2. The standard InChI is InChI=1S/C10H21NO.C9H18N2O2.3C9H20N2O.C9H19NO.C8H18N2O.2C8H17NO.2C7H15NO/c1-8(2)6-5-7-11-10(12)9(3)4;1-6(2)9(13)10-5-8(12)11-7(3)4;1-7(2)5-10-6-9(12)11-8(3)4;2*1-7(2)10-6-5-9(12)11-8(3)4;1-7(2)5-6-9(11)10-8(3)4;1-6(2)9-5-8(11)10-7(3)4;1-6(2)5-9-8(10)7(3)4;1-6(2)5-8(10)9-7(3)4;2*1-5(2)7(9)8-6(3)4/h8-9H,5-7H2,1-4H3,(H,11,12);6-7H,5H2,1-4H3,(H,10,13)(H,11,12);3*7-8,10H,5-6H2,1-4H3,(H,11,12);7-8H,5-6H2,1-4H3,(H,10,11);6-7,9H,5H2,1-4H3,(H,10,11);2*6-7H,5H2,1-4H3,(H,9,10);2*5-6H,1-4H3,(H,8,9). The Labute approximate surface area is 743 Å². The van der Waals surface area contributed by atoms with Crippen molar-refractivity contribution in [2.75, 3.05) is 52.4 Å². The highest BCUT2D eigenvalue weighted by atomic mass is 16.2. The van der Waals surface area contributed by atoms with Gasteiger partial charge in [-0.3, -0.25) is 57.5 Å². The van der Waals surface area contributed by atoms with E-state index in [0.29, 0.717) is 80.6 Å². The highest BCUT2D eigenvalue weighted by molar-refractivity contribution is 5.86. The van der Waals surface area contributed by atoms with E-state index < -0.39 is 0 Å². The van der Waals surface area contributed by atoms with Crippen LogP contribution in [0, 0.1) is 59.2 Å². The fourth-order valence-electron chi connectivity index (χ4n) is 7.90. The van der Waals surface area contributed by atoms with Gasteiger partial charge < -0.3 is 85.1 Å². The Hall–Kier alpha value is -6.52. The van der Waals surface area contributed by atoms with Gasteiger partial charge in [0, 0.05) is 154 Å². The minimum atomic E-state index is -0.149. The minimum absolute atomic E-state index is 0.0636. The SMILES string of the molecule is CC(C)CC(=O)NC(C)C.CC(C)CCC(=O)NC(C)C.CC(C)CCCNC(=O)C(C)C.CC(C)CNC(=O)C(C)C.CC(C)CNCC(=O)NC(C)C.CC(C)NC(=O)C(C)C.CC(C)NC(=O)C(C)C.CC(C)NC(=O)CNC(=O)C(C)C.CC(C)NCC(=O)NC(C)C.CC(C)NCCC(=O)NC(C)C.CC(C)NCCC(=O)NC(C)C. The lowest BCUT2D eigenvalue weighted by Gasteiger charge is -2.10. The van der Waals surface area contributed by atoms with E-state index in [0.717, 1.165) is 51.5 Å². The first-order valence-corrected chi connectivity index (χ1v) is 45.6. The molecule has 0 aliphatic carbocycles. The summed E-state index contributed by atoms with van der Waals surface area (Å²) in [7, 11) is 0. The van der Waals surface area contributed by atoms with Crippen LogP contribution in [0.1, 0.15) is 350 Å².